The first kappa shape index (κ1) is 17.0. The fourth-order valence-corrected chi connectivity index (χ4v) is 2.03. The highest BCUT2D eigenvalue weighted by Crippen LogP contribution is 2.32. The van der Waals surface area contributed by atoms with Crippen LogP contribution in [0.5, 0.6) is 5.75 Å². The molecular formula is C11H12F3IN2O3. The van der Waals surface area contributed by atoms with Crippen molar-refractivity contribution in [1.82, 2.24) is 4.98 Å². The van der Waals surface area contributed by atoms with Crippen LogP contribution >= 0.6 is 22.6 Å². The maximum absolute atomic E-state index is 12.5. The van der Waals surface area contributed by atoms with E-state index >= 15 is 0 Å². The summed E-state index contributed by atoms with van der Waals surface area (Å²) < 4.78 is 46.3. The molecule has 1 rings (SSSR count). The molecule has 2 N–H and O–H groups in total. The summed E-state index contributed by atoms with van der Waals surface area (Å²) in [5, 5.41) is 0. The minimum absolute atomic E-state index is 0.0179. The molecule has 1 aromatic heterocycles. The number of alkyl halides is 3. The van der Waals surface area contributed by atoms with E-state index in [0.717, 1.165) is 0 Å². The van der Waals surface area contributed by atoms with E-state index in [1.807, 2.05) is 0 Å². The van der Waals surface area contributed by atoms with E-state index in [2.05, 4.69) is 9.72 Å². The van der Waals surface area contributed by atoms with Crippen molar-refractivity contribution >= 4 is 28.6 Å². The van der Waals surface area contributed by atoms with Gasteiger partial charge in [0.15, 0.2) is 0 Å². The van der Waals surface area contributed by atoms with Gasteiger partial charge in [0, 0.05) is 23.9 Å². The van der Waals surface area contributed by atoms with Gasteiger partial charge in [-0.15, -0.1) is 13.2 Å². The second-order valence-corrected chi connectivity index (χ2v) is 4.64. The number of rotatable bonds is 5. The Balaban J connectivity index is 3.21. The van der Waals surface area contributed by atoms with E-state index < -0.39 is 18.1 Å². The molecule has 0 saturated carbocycles. The van der Waals surface area contributed by atoms with Crippen molar-refractivity contribution in [3.63, 3.8) is 0 Å². The highest BCUT2D eigenvalue weighted by molar-refractivity contribution is 14.1. The molecule has 0 aliphatic carbocycles. The van der Waals surface area contributed by atoms with Crippen LogP contribution in [0.4, 0.5) is 13.2 Å². The third kappa shape index (κ3) is 4.78. The molecule has 5 nitrogen and oxygen atoms in total. The fraction of sp³-hybridized carbons (Fsp3) is 0.455. The molecule has 0 aliphatic rings. The van der Waals surface area contributed by atoms with Crippen molar-refractivity contribution in [2.45, 2.75) is 26.3 Å². The number of nitrogens with zero attached hydrogens (tertiary/aromatic N) is 1. The molecule has 112 valence electrons. The molecule has 0 radical (unpaired) electrons. The molecule has 1 heterocycles. The lowest BCUT2D eigenvalue weighted by Crippen LogP contribution is -2.22. The average molecular weight is 404 g/mol. The van der Waals surface area contributed by atoms with Crippen molar-refractivity contribution in [1.29, 1.82) is 0 Å². The van der Waals surface area contributed by atoms with Gasteiger partial charge in [0.1, 0.15) is 9.45 Å². The highest BCUT2D eigenvalue weighted by atomic mass is 127. The summed E-state index contributed by atoms with van der Waals surface area (Å²) in [6.45, 7) is 1.55. The Morgan fingerprint density at radius 3 is 2.65 bits per heavy atom. The van der Waals surface area contributed by atoms with Gasteiger partial charge in [-0.2, -0.15) is 0 Å². The Morgan fingerprint density at radius 1 is 1.50 bits per heavy atom. The number of nitrogens with two attached hydrogens (primary N) is 1. The Morgan fingerprint density at radius 2 is 2.15 bits per heavy atom. The van der Waals surface area contributed by atoms with Crippen molar-refractivity contribution in [3.8, 4) is 5.75 Å². The lowest BCUT2D eigenvalue weighted by molar-refractivity contribution is -0.275. The monoisotopic (exact) mass is 404 g/mol. The molecule has 1 aromatic rings. The van der Waals surface area contributed by atoms with Gasteiger partial charge < -0.3 is 15.2 Å². The molecule has 0 atom stereocenters. The molecule has 0 spiro atoms. The summed E-state index contributed by atoms with van der Waals surface area (Å²) in [6, 6.07) is 0. The van der Waals surface area contributed by atoms with E-state index in [1.165, 1.54) is 6.20 Å². The molecule has 0 unspecified atom stereocenters. The second kappa shape index (κ2) is 7.07. The van der Waals surface area contributed by atoms with Gasteiger partial charge in [-0.25, -0.2) is 4.98 Å². The van der Waals surface area contributed by atoms with Gasteiger partial charge in [-0.05, 0) is 29.5 Å². The number of hydrogen-bond donors (Lipinski definition) is 1. The number of esters is 1. The van der Waals surface area contributed by atoms with E-state index in [9.17, 15) is 18.0 Å². The molecule has 0 saturated heterocycles. The predicted octanol–water partition coefficient (Wildman–Crippen LogP) is 2.15. The molecule has 20 heavy (non-hydrogen) atoms. The molecule has 0 aromatic carbocycles. The third-order valence-corrected chi connectivity index (χ3v) is 3.14. The van der Waals surface area contributed by atoms with Crippen LogP contribution in [-0.4, -0.2) is 23.9 Å². The van der Waals surface area contributed by atoms with Crippen molar-refractivity contribution in [2.24, 2.45) is 5.73 Å². The Hall–Kier alpha value is -1.10. The van der Waals surface area contributed by atoms with Crippen LogP contribution in [-0.2, 0) is 22.5 Å². The summed E-state index contributed by atoms with van der Waals surface area (Å²) in [4.78, 5) is 15.4. The predicted molar refractivity (Wildman–Crippen MR) is 71.9 cm³/mol. The SMILES string of the molecule is CCOC(=O)Cc1c(I)ncc(CN)c1OC(F)(F)F. The summed E-state index contributed by atoms with van der Waals surface area (Å²) in [5.74, 6) is -1.14. The Kier molecular flexibility index (Phi) is 5.99. The smallest absolute Gasteiger partial charge is 0.466 e. The van der Waals surface area contributed by atoms with Crippen molar-refractivity contribution < 1.29 is 27.4 Å². The van der Waals surface area contributed by atoms with Gasteiger partial charge >= 0.3 is 12.3 Å². The number of carbonyl (C=O) groups excluding carboxylic acids is 1. The lowest BCUT2D eigenvalue weighted by atomic mass is 10.1. The van der Waals surface area contributed by atoms with Crippen molar-refractivity contribution in [2.75, 3.05) is 6.61 Å². The maximum atomic E-state index is 12.5. The first-order valence-electron chi connectivity index (χ1n) is 5.56. The Labute approximate surface area is 126 Å². The van der Waals surface area contributed by atoms with E-state index in [-0.39, 0.29) is 34.4 Å². The van der Waals surface area contributed by atoms with Crippen LogP contribution in [0.3, 0.4) is 0 Å². The van der Waals surface area contributed by atoms with Gasteiger partial charge in [0.05, 0.1) is 13.0 Å². The number of hydrogen-bond acceptors (Lipinski definition) is 5. The number of aromatic nitrogens is 1. The largest absolute Gasteiger partial charge is 0.573 e. The summed E-state index contributed by atoms with van der Waals surface area (Å²) in [5.41, 5.74) is 5.46. The van der Waals surface area contributed by atoms with Gasteiger partial charge in [0.2, 0.25) is 0 Å². The highest BCUT2D eigenvalue weighted by Gasteiger charge is 2.34. The van der Waals surface area contributed by atoms with Gasteiger partial charge in [-0.1, -0.05) is 0 Å². The standard InChI is InChI=1S/C11H12F3IN2O3/c1-2-19-8(18)3-7-9(20-11(12,13)14)6(4-16)5-17-10(7)15/h5H,2-4,16H2,1H3. The number of halogens is 4. The molecule has 9 heteroatoms. The molecule has 0 aliphatic heterocycles. The van der Waals surface area contributed by atoms with E-state index in [0.29, 0.717) is 0 Å². The summed E-state index contributed by atoms with van der Waals surface area (Å²) in [6.07, 6.45) is -4.05. The number of ether oxygens (including phenoxy) is 2. The van der Waals surface area contributed by atoms with Crippen molar-refractivity contribution in [3.05, 3.63) is 21.0 Å². The fourth-order valence-electron chi connectivity index (χ4n) is 1.46. The average Bonchev–Trinajstić information content (AvgIpc) is 2.32. The van der Waals surface area contributed by atoms with Gasteiger partial charge in [0.25, 0.3) is 0 Å². The van der Waals surface area contributed by atoms with E-state index in [4.69, 9.17) is 10.5 Å². The van der Waals surface area contributed by atoms with Crippen LogP contribution in [0.1, 0.15) is 18.1 Å². The number of carbonyl (C=O) groups is 1. The minimum Gasteiger partial charge on any atom is -0.466 e. The quantitative estimate of drug-likeness (QED) is 0.463. The summed E-state index contributed by atoms with van der Waals surface area (Å²) >= 11 is 1.73. The summed E-state index contributed by atoms with van der Waals surface area (Å²) in [7, 11) is 0. The molecule has 0 bridgehead atoms. The first-order chi connectivity index (χ1) is 9.28. The topological polar surface area (TPSA) is 74.4 Å². The molecule has 0 fully saturated rings. The van der Waals surface area contributed by atoms with Crippen LogP contribution < -0.4 is 10.5 Å². The van der Waals surface area contributed by atoms with Crippen LogP contribution in [0, 0.1) is 3.70 Å². The van der Waals surface area contributed by atoms with Crippen LogP contribution in [0.25, 0.3) is 0 Å². The van der Waals surface area contributed by atoms with Crippen LogP contribution in [0.2, 0.25) is 0 Å². The first-order valence-corrected chi connectivity index (χ1v) is 6.64. The number of pyridine rings is 1. The maximum Gasteiger partial charge on any atom is 0.573 e. The zero-order chi connectivity index (χ0) is 15.3. The normalized spacial score (nSPS) is 11.3. The minimum atomic E-state index is -4.88. The van der Waals surface area contributed by atoms with E-state index in [1.54, 1.807) is 29.5 Å². The third-order valence-electron chi connectivity index (χ3n) is 2.21. The molecular weight excluding hydrogens is 392 g/mol. The lowest BCUT2D eigenvalue weighted by Gasteiger charge is -2.17. The van der Waals surface area contributed by atoms with Gasteiger partial charge in [-0.3, -0.25) is 4.79 Å². The molecule has 0 amide bonds. The zero-order valence-electron chi connectivity index (χ0n) is 10.5. The van der Waals surface area contributed by atoms with Crippen LogP contribution in [0.15, 0.2) is 6.20 Å². The zero-order valence-corrected chi connectivity index (χ0v) is 12.6. The Bertz CT molecular complexity index is 495. The second-order valence-electron chi connectivity index (χ2n) is 3.62.